The lowest BCUT2D eigenvalue weighted by Crippen LogP contribution is -2.32. The van der Waals surface area contributed by atoms with Crippen LogP contribution in [0.1, 0.15) is 19.3 Å². The van der Waals surface area contributed by atoms with Crippen LogP contribution in [0.5, 0.6) is 0 Å². The summed E-state index contributed by atoms with van der Waals surface area (Å²) in [5.41, 5.74) is 0. The molecule has 64 valence electrons. The average Bonchev–Trinajstić information content (AvgIpc) is 2.62. The van der Waals surface area contributed by atoms with Crippen LogP contribution in [-0.2, 0) is 0 Å². The third-order valence-electron chi connectivity index (χ3n) is 2.88. The van der Waals surface area contributed by atoms with Gasteiger partial charge in [0.2, 0.25) is 0 Å². The SMILES string of the molecule is FC(F)CNC1CCC2CC21. The molecule has 1 N–H and O–H groups in total. The van der Waals surface area contributed by atoms with Gasteiger partial charge in [-0.05, 0) is 31.1 Å². The fraction of sp³-hybridized carbons (Fsp3) is 1.00. The van der Waals surface area contributed by atoms with E-state index in [4.69, 9.17) is 0 Å². The second-order valence-electron chi connectivity index (χ2n) is 3.64. The summed E-state index contributed by atoms with van der Waals surface area (Å²) < 4.78 is 23.5. The minimum Gasteiger partial charge on any atom is -0.308 e. The zero-order chi connectivity index (χ0) is 7.84. The van der Waals surface area contributed by atoms with Crippen LogP contribution in [0.15, 0.2) is 0 Å². The molecule has 0 bridgehead atoms. The highest BCUT2D eigenvalue weighted by molar-refractivity contribution is 5.01. The molecule has 2 rings (SSSR count). The average molecular weight is 161 g/mol. The van der Waals surface area contributed by atoms with Gasteiger partial charge < -0.3 is 5.32 Å². The summed E-state index contributed by atoms with van der Waals surface area (Å²) in [4.78, 5) is 0. The van der Waals surface area contributed by atoms with Gasteiger partial charge in [-0.2, -0.15) is 0 Å². The van der Waals surface area contributed by atoms with Gasteiger partial charge in [0.05, 0.1) is 6.54 Å². The van der Waals surface area contributed by atoms with Gasteiger partial charge in [-0.1, -0.05) is 0 Å². The Morgan fingerprint density at radius 2 is 2.18 bits per heavy atom. The molecule has 3 atom stereocenters. The van der Waals surface area contributed by atoms with Gasteiger partial charge in [0.1, 0.15) is 0 Å². The minimum atomic E-state index is -2.19. The standard InChI is InChI=1S/C8H13F2N/c9-8(10)4-11-7-2-1-5-3-6(5)7/h5-8,11H,1-4H2. The number of fused-ring (bicyclic) bond motifs is 1. The maximum atomic E-state index is 11.8. The number of hydrogen-bond donors (Lipinski definition) is 1. The van der Waals surface area contributed by atoms with Crippen LogP contribution in [-0.4, -0.2) is 19.0 Å². The predicted octanol–water partition coefficient (Wildman–Crippen LogP) is 1.64. The lowest BCUT2D eigenvalue weighted by Gasteiger charge is -2.12. The monoisotopic (exact) mass is 161 g/mol. The Morgan fingerprint density at radius 3 is 2.64 bits per heavy atom. The Balaban J connectivity index is 1.70. The Labute approximate surface area is 65.2 Å². The molecule has 3 heteroatoms. The molecule has 0 aromatic heterocycles. The van der Waals surface area contributed by atoms with Crippen LogP contribution in [0.3, 0.4) is 0 Å². The summed E-state index contributed by atoms with van der Waals surface area (Å²) in [6, 6.07) is 0.411. The van der Waals surface area contributed by atoms with E-state index in [2.05, 4.69) is 5.32 Å². The Kier molecular flexibility index (Phi) is 1.83. The molecule has 2 saturated carbocycles. The van der Waals surface area contributed by atoms with Crippen molar-refractivity contribution in [2.45, 2.75) is 31.7 Å². The lowest BCUT2D eigenvalue weighted by molar-refractivity contribution is 0.140. The predicted molar refractivity (Wildman–Crippen MR) is 38.6 cm³/mol. The molecule has 0 aromatic rings. The molecule has 11 heavy (non-hydrogen) atoms. The first-order valence-corrected chi connectivity index (χ1v) is 4.29. The van der Waals surface area contributed by atoms with E-state index in [9.17, 15) is 8.78 Å². The molecule has 0 heterocycles. The fourth-order valence-corrected chi connectivity index (χ4v) is 2.20. The van der Waals surface area contributed by atoms with E-state index in [1.165, 1.54) is 12.8 Å². The summed E-state index contributed by atoms with van der Waals surface area (Å²) in [7, 11) is 0. The van der Waals surface area contributed by atoms with E-state index in [0.29, 0.717) is 6.04 Å². The van der Waals surface area contributed by atoms with E-state index in [0.717, 1.165) is 18.3 Å². The van der Waals surface area contributed by atoms with Crippen molar-refractivity contribution in [3.05, 3.63) is 0 Å². The number of alkyl halides is 2. The van der Waals surface area contributed by atoms with Crippen molar-refractivity contribution in [3.8, 4) is 0 Å². The van der Waals surface area contributed by atoms with Crippen LogP contribution < -0.4 is 5.32 Å². The van der Waals surface area contributed by atoms with Gasteiger partial charge in [0.15, 0.2) is 0 Å². The van der Waals surface area contributed by atoms with Crippen molar-refractivity contribution in [3.63, 3.8) is 0 Å². The molecule has 2 aliphatic rings. The van der Waals surface area contributed by atoms with Gasteiger partial charge >= 0.3 is 0 Å². The van der Waals surface area contributed by atoms with Crippen molar-refractivity contribution in [2.24, 2.45) is 11.8 Å². The topological polar surface area (TPSA) is 12.0 Å². The first-order valence-electron chi connectivity index (χ1n) is 4.29. The van der Waals surface area contributed by atoms with Gasteiger partial charge in [-0.15, -0.1) is 0 Å². The molecule has 0 amide bonds. The molecular weight excluding hydrogens is 148 g/mol. The van der Waals surface area contributed by atoms with E-state index in [1.54, 1.807) is 0 Å². The number of halogens is 2. The van der Waals surface area contributed by atoms with Gasteiger partial charge in [-0.25, -0.2) is 8.78 Å². The van der Waals surface area contributed by atoms with Crippen molar-refractivity contribution in [2.75, 3.05) is 6.54 Å². The van der Waals surface area contributed by atoms with Gasteiger partial charge in [0.25, 0.3) is 6.43 Å². The zero-order valence-corrected chi connectivity index (χ0v) is 6.39. The highest BCUT2D eigenvalue weighted by Crippen LogP contribution is 2.51. The van der Waals surface area contributed by atoms with E-state index < -0.39 is 6.43 Å². The Bertz CT molecular complexity index is 149. The molecule has 1 nitrogen and oxygen atoms in total. The summed E-state index contributed by atoms with van der Waals surface area (Å²) in [6.45, 7) is -0.117. The molecular formula is C8H13F2N. The highest BCUT2D eigenvalue weighted by Gasteiger charge is 2.47. The molecule has 0 radical (unpaired) electrons. The molecule has 0 spiro atoms. The molecule has 0 aromatic carbocycles. The largest absolute Gasteiger partial charge is 0.308 e. The highest BCUT2D eigenvalue weighted by atomic mass is 19.3. The number of hydrogen-bond acceptors (Lipinski definition) is 1. The molecule has 2 fully saturated rings. The van der Waals surface area contributed by atoms with Gasteiger partial charge in [0, 0.05) is 6.04 Å². The van der Waals surface area contributed by atoms with Crippen LogP contribution >= 0.6 is 0 Å². The Morgan fingerprint density at radius 1 is 1.36 bits per heavy atom. The second kappa shape index (κ2) is 2.70. The van der Waals surface area contributed by atoms with Crippen LogP contribution in [0.2, 0.25) is 0 Å². The third kappa shape index (κ3) is 1.53. The van der Waals surface area contributed by atoms with Crippen molar-refractivity contribution < 1.29 is 8.78 Å². The zero-order valence-electron chi connectivity index (χ0n) is 6.39. The molecule has 2 aliphatic carbocycles. The third-order valence-corrected chi connectivity index (χ3v) is 2.88. The first kappa shape index (κ1) is 7.47. The van der Waals surface area contributed by atoms with E-state index in [1.807, 2.05) is 0 Å². The lowest BCUT2D eigenvalue weighted by atomic mass is 10.2. The smallest absolute Gasteiger partial charge is 0.250 e. The number of nitrogens with one attached hydrogen (secondary N) is 1. The summed E-state index contributed by atoms with van der Waals surface area (Å²) in [5.74, 6) is 1.62. The first-order chi connectivity index (χ1) is 5.27. The Hall–Kier alpha value is -0.180. The second-order valence-corrected chi connectivity index (χ2v) is 3.64. The van der Waals surface area contributed by atoms with Crippen LogP contribution in [0.4, 0.5) is 8.78 Å². The molecule has 0 aliphatic heterocycles. The summed E-state index contributed by atoms with van der Waals surface area (Å²) in [5, 5.41) is 2.92. The van der Waals surface area contributed by atoms with E-state index in [-0.39, 0.29) is 6.54 Å². The maximum absolute atomic E-state index is 11.8. The minimum absolute atomic E-state index is 0.117. The fourth-order valence-electron chi connectivity index (χ4n) is 2.20. The maximum Gasteiger partial charge on any atom is 0.250 e. The van der Waals surface area contributed by atoms with Gasteiger partial charge in [-0.3, -0.25) is 0 Å². The quantitative estimate of drug-likeness (QED) is 0.663. The molecule has 3 unspecified atom stereocenters. The summed E-state index contributed by atoms with van der Waals surface area (Å²) in [6.07, 6.45) is 1.46. The van der Waals surface area contributed by atoms with Crippen molar-refractivity contribution in [1.82, 2.24) is 5.32 Å². The summed E-state index contributed by atoms with van der Waals surface area (Å²) >= 11 is 0. The van der Waals surface area contributed by atoms with Crippen molar-refractivity contribution >= 4 is 0 Å². The molecule has 0 saturated heterocycles. The van der Waals surface area contributed by atoms with Crippen LogP contribution in [0.25, 0.3) is 0 Å². The number of rotatable bonds is 3. The van der Waals surface area contributed by atoms with Crippen molar-refractivity contribution in [1.29, 1.82) is 0 Å². The van der Waals surface area contributed by atoms with Crippen LogP contribution in [0, 0.1) is 11.8 Å². The van der Waals surface area contributed by atoms with E-state index >= 15 is 0 Å². The normalized spacial score (nSPS) is 41.2.